The van der Waals surface area contributed by atoms with E-state index in [9.17, 15) is 0 Å². The first kappa shape index (κ1) is 13.4. The Morgan fingerprint density at radius 3 is 2.00 bits per heavy atom. The molecule has 17 heavy (non-hydrogen) atoms. The minimum Gasteiger partial charge on any atom is -0.381 e. The fourth-order valence-corrected chi connectivity index (χ4v) is 3.35. The lowest BCUT2D eigenvalue weighted by Crippen LogP contribution is -2.50. The van der Waals surface area contributed by atoms with Gasteiger partial charge in [-0.1, -0.05) is 20.8 Å². The van der Waals surface area contributed by atoms with Crippen molar-refractivity contribution in [3.63, 3.8) is 0 Å². The molecule has 0 amide bonds. The van der Waals surface area contributed by atoms with Crippen molar-refractivity contribution >= 4 is 0 Å². The third-order valence-corrected chi connectivity index (χ3v) is 4.85. The molecule has 0 aliphatic heterocycles. The molecule has 0 radical (unpaired) electrons. The molecule has 0 unspecified atom stereocenters. The van der Waals surface area contributed by atoms with Gasteiger partial charge in [-0.3, -0.25) is 0 Å². The largest absolute Gasteiger partial charge is 0.381 e. The highest BCUT2D eigenvalue weighted by Crippen LogP contribution is 2.38. The van der Waals surface area contributed by atoms with Crippen LogP contribution in [-0.2, 0) is 4.74 Å². The quantitative estimate of drug-likeness (QED) is 0.815. The second kappa shape index (κ2) is 5.27. The normalized spacial score (nSPS) is 38.8. The summed E-state index contributed by atoms with van der Waals surface area (Å²) >= 11 is 0. The number of ether oxygens (including phenoxy) is 1. The van der Waals surface area contributed by atoms with E-state index < -0.39 is 0 Å². The van der Waals surface area contributed by atoms with Crippen LogP contribution in [0.4, 0.5) is 0 Å². The van der Waals surface area contributed by atoms with Gasteiger partial charge in [0, 0.05) is 19.2 Å². The second-order valence-electron chi connectivity index (χ2n) is 7.11. The summed E-state index contributed by atoms with van der Waals surface area (Å²) in [6, 6.07) is 1.51. The molecule has 2 aliphatic carbocycles. The highest BCUT2D eigenvalue weighted by molar-refractivity contribution is 4.90. The van der Waals surface area contributed by atoms with Gasteiger partial charge in [0.2, 0.25) is 0 Å². The van der Waals surface area contributed by atoms with E-state index in [1.54, 1.807) is 0 Å². The lowest BCUT2D eigenvalue weighted by atomic mass is 9.71. The summed E-state index contributed by atoms with van der Waals surface area (Å²) < 4.78 is 5.33. The molecule has 0 aromatic rings. The fourth-order valence-electron chi connectivity index (χ4n) is 3.35. The van der Waals surface area contributed by atoms with Crippen molar-refractivity contribution in [2.75, 3.05) is 7.11 Å². The topological polar surface area (TPSA) is 21.3 Å². The maximum atomic E-state index is 5.33. The molecule has 0 spiro atoms. The number of nitrogens with one attached hydrogen (secondary N) is 1. The summed E-state index contributed by atoms with van der Waals surface area (Å²) in [4.78, 5) is 0. The molecule has 2 heteroatoms. The van der Waals surface area contributed by atoms with Crippen LogP contribution in [0.25, 0.3) is 0 Å². The molecule has 2 fully saturated rings. The van der Waals surface area contributed by atoms with E-state index in [1.807, 2.05) is 7.11 Å². The van der Waals surface area contributed by atoms with Gasteiger partial charge < -0.3 is 10.1 Å². The van der Waals surface area contributed by atoms with Gasteiger partial charge in [0.05, 0.1) is 6.10 Å². The maximum Gasteiger partial charge on any atom is 0.0601 e. The third-order valence-electron chi connectivity index (χ3n) is 4.85. The van der Waals surface area contributed by atoms with Crippen LogP contribution in [0.5, 0.6) is 0 Å². The highest BCUT2D eigenvalue weighted by Gasteiger charge is 2.33. The molecule has 2 nitrogen and oxygen atoms in total. The zero-order valence-corrected chi connectivity index (χ0v) is 12.0. The number of rotatable bonds is 3. The van der Waals surface area contributed by atoms with Gasteiger partial charge in [-0.25, -0.2) is 0 Å². The van der Waals surface area contributed by atoms with E-state index in [2.05, 4.69) is 26.1 Å². The van der Waals surface area contributed by atoms with Crippen LogP contribution in [0, 0.1) is 11.3 Å². The van der Waals surface area contributed by atoms with Gasteiger partial charge in [-0.15, -0.1) is 0 Å². The Morgan fingerprint density at radius 2 is 1.53 bits per heavy atom. The number of methoxy groups -OCH3 is 1. The van der Waals surface area contributed by atoms with Gasteiger partial charge in [0.1, 0.15) is 0 Å². The van der Waals surface area contributed by atoms with Crippen molar-refractivity contribution in [3.05, 3.63) is 0 Å². The molecular weight excluding hydrogens is 210 g/mol. The van der Waals surface area contributed by atoms with Crippen molar-refractivity contribution in [2.45, 2.75) is 77.5 Å². The van der Waals surface area contributed by atoms with E-state index in [0.29, 0.717) is 11.5 Å². The van der Waals surface area contributed by atoms with Crippen molar-refractivity contribution in [2.24, 2.45) is 11.3 Å². The van der Waals surface area contributed by atoms with Gasteiger partial charge in [0.25, 0.3) is 0 Å². The molecule has 0 atom stereocenters. The molecular formula is C15H29NO. The third kappa shape index (κ3) is 3.45. The van der Waals surface area contributed by atoms with Crippen molar-refractivity contribution in [3.8, 4) is 0 Å². The van der Waals surface area contributed by atoms with Gasteiger partial charge in [-0.05, 0) is 49.9 Å². The Kier molecular flexibility index (Phi) is 4.14. The van der Waals surface area contributed by atoms with Gasteiger partial charge in [0.15, 0.2) is 0 Å². The summed E-state index contributed by atoms with van der Waals surface area (Å²) in [5.74, 6) is 0.925. The standard InChI is InChI=1S/C15H29NO/c1-15(2,3)11-5-7-12(8-6-11)16-13-9-14(10-13)17-4/h11-14,16H,5-10H2,1-4H3. The molecule has 0 heterocycles. The molecule has 0 aromatic carbocycles. The van der Waals surface area contributed by atoms with Crippen LogP contribution < -0.4 is 5.32 Å². The minimum atomic E-state index is 0.503. The molecule has 0 saturated heterocycles. The molecule has 2 rings (SSSR count). The van der Waals surface area contributed by atoms with Gasteiger partial charge in [-0.2, -0.15) is 0 Å². The molecule has 2 saturated carbocycles. The van der Waals surface area contributed by atoms with Crippen molar-refractivity contribution in [1.82, 2.24) is 5.32 Å². The molecule has 0 aromatic heterocycles. The van der Waals surface area contributed by atoms with E-state index in [-0.39, 0.29) is 0 Å². The second-order valence-corrected chi connectivity index (χ2v) is 7.11. The van der Waals surface area contributed by atoms with Crippen molar-refractivity contribution in [1.29, 1.82) is 0 Å². The van der Waals surface area contributed by atoms with Gasteiger partial charge >= 0.3 is 0 Å². The van der Waals surface area contributed by atoms with Crippen LogP contribution in [0.15, 0.2) is 0 Å². The van der Waals surface area contributed by atoms with E-state index in [1.165, 1.54) is 38.5 Å². The number of hydrogen-bond donors (Lipinski definition) is 1. The molecule has 1 N–H and O–H groups in total. The van der Waals surface area contributed by atoms with Crippen LogP contribution >= 0.6 is 0 Å². The highest BCUT2D eigenvalue weighted by atomic mass is 16.5. The summed E-state index contributed by atoms with van der Waals surface area (Å²) in [6.45, 7) is 7.17. The van der Waals surface area contributed by atoms with Crippen LogP contribution in [0.2, 0.25) is 0 Å². The smallest absolute Gasteiger partial charge is 0.0601 e. The summed E-state index contributed by atoms with van der Waals surface area (Å²) in [5.41, 5.74) is 0.503. The Morgan fingerprint density at radius 1 is 0.941 bits per heavy atom. The molecule has 2 aliphatic rings. The lowest BCUT2D eigenvalue weighted by molar-refractivity contribution is 0.0111. The molecule has 0 bridgehead atoms. The molecule has 100 valence electrons. The monoisotopic (exact) mass is 239 g/mol. The Labute approximate surface area is 107 Å². The Bertz CT molecular complexity index is 232. The van der Waals surface area contributed by atoms with E-state index >= 15 is 0 Å². The zero-order valence-electron chi connectivity index (χ0n) is 12.0. The average molecular weight is 239 g/mol. The Balaban J connectivity index is 1.66. The Hall–Kier alpha value is -0.0800. The van der Waals surface area contributed by atoms with Crippen LogP contribution in [0.1, 0.15) is 59.3 Å². The zero-order chi connectivity index (χ0) is 12.5. The van der Waals surface area contributed by atoms with E-state index in [4.69, 9.17) is 4.74 Å². The fraction of sp³-hybridized carbons (Fsp3) is 1.00. The first-order chi connectivity index (χ1) is 7.99. The first-order valence-corrected chi connectivity index (χ1v) is 7.28. The van der Waals surface area contributed by atoms with Crippen LogP contribution in [-0.4, -0.2) is 25.3 Å². The summed E-state index contributed by atoms with van der Waals surface area (Å²) in [6.07, 6.45) is 8.51. The van der Waals surface area contributed by atoms with Crippen molar-refractivity contribution < 1.29 is 4.74 Å². The summed E-state index contributed by atoms with van der Waals surface area (Å²) in [7, 11) is 1.83. The summed E-state index contributed by atoms with van der Waals surface area (Å²) in [5, 5.41) is 3.81. The minimum absolute atomic E-state index is 0.503. The number of hydrogen-bond acceptors (Lipinski definition) is 2. The predicted octanol–water partition coefficient (Wildman–Crippen LogP) is 3.36. The lowest BCUT2D eigenvalue weighted by Gasteiger charge is -2.41. The average Bonchev–Trinajstić information content (AvgIpc) is 2.22. The van der Waals surface area contributed by atoms with E-state index in [0.717, 1.165) is 18.0 Å². The SMILES string of the molecule is COC1CC(NC2CCC(C(C)(C)C)CC2)C1. The predicted molar refractivity (Wildman–Crippen MR) is 72.2 cm³/mol. The maximum absolute atomic E-state index is 5.33. The van der Waals surface area contributed by atoms with Crippen LogP contribution in [0.3, 0.4) is 0 Å². The first-order valence-electron chi connectivity index (χ1n) is 7.28.